The molecule has 0 amide bonds. The second-order valence-electron chi connectivity index (χ2n) is 9.08. The fraction of sp³-hybridized carbons (Fsp3) is 1.00. The van der Waals surface area contributed by atoms with Gasteiger partial charge < -0.3 is 0 Å². The molecule has 0 N–H and O–H groups in total. The van der Waals surface area contributed by atoms with Crippen molar-refractivity contribution in [1.29, 1.82) is 0 Å². The molecule has 0 aliphatic heterocycles. The van der Waals surface area contributed by atoms with Gasteiger partial charge in [-0.2, -0.15) is 0 Å². The van der Waals surface area contributed by atoms with Crippen LogP contribution in [0.4, 0.5) is 8.78 Å². The van der Waals surface area contributed by atoms with E-state index in [4.69, 9.17) is 0 Å². The lowest BCUT2D eigenvalue weighted by Crippen LogP contribution is -2.41. The van der Waals surface area contributed by atoms with Gasteiger partial charge in [-0.25, -0.2) is 8.78 Å². The lowest BCUT2D eigenvalue weighted by atomic mass is 9.67. The van der Waals surface area contributed by atoms with Crippen molar-refractivity contribution in [2.45, 2.75) is 100 Å². The highest BCUT2D eigenvalue weighted by molar-refractivity contribution is 14.1. The van der Waals surface area contributed by atoms with Crippen LogP contribution in [0, 0.1) is 29.6 Å². The molecule has 24 heavy (non-hydrogen) atoms. The maximum atomic E-state index is 14.4. The Balaban J connectivity index is 1.38. The molecule has 0 radical (unpaired) electrons. The Labute approximate surface area is 161 Å². The zero-order valence-electron chi connectivity index (χ0n) is 15.2. The lowest BCUT2D eigenvalue weighted by molar-refractivity contribution is -0.00686. The predicted octanol–water partition coefficient (Wildman–Crippen LogP) is 7.29. The topological polar surface area (TPSA) is 0 Å². The van der Waals surface area contributed by atoms with Gasteiger partial charge in [0, 0.05) is 3.92 Å². The molecule has 0 heterocycles. The van der Waals surface area contributed by atoms with Crippen LogP contribution in [0.5, 0.6) is 0 Å². The van der Waals surface area contributed by atoms with E-state index in [9.17, 15) is 8.78 Å². The first-order valence-electron chi connectivity index (χ1n) is 10.5. The van der Waals surface area contributed by atoms with Crippen LogP contribution in [0.3, 0.4) is 0 Å². The van der Waals surface area contributed by atoms with Gasteiger partial charge in [-0.15, -0.1) is 0 Å². The molecule has 3 fully saturated rings. The summed E-state index contributed by atoms with van der Waals surface area (Å²) in [5.74, 6) is 2.22. The third-order valence-corrected chi connectivity index (χ3v) is 8.71. The Morgan fingerprint density at radius 3 is 1.83 bits per heavy atom. The minimum atomic E-state index is -1.21. The van der Waals surface area contributed by atoms with Gasteiger partial charge >= 0.3 is 0 Å². The number of hydrogen-bond donors (Lipinski definition) is 0. The summed E-state index contributed by atoms with van der Waals surface area (Å²) in [6.07, 6.45) is 12.7. The van der Waals surface area contributed by atoms with Crippen LogP contribution >= 0.6 is 22.6 Å². The average Bonchev–Trinajstić information content (AvgIpc) is 2.60. The minimum Gasteiger partial charge on any atom is -0.244 e. The largest absolute Gasteiger partial charge is 0.244 e. The zero-order chi connectivity index (χ0) is 17.1. The van der Waals surface area contributed by atoms with E-state index in [1.807, 2.05) is 6.92 Å². The second-order valence-corrected chi connectivity index (χ2v) is 10.8. The van der Waals surface area contributed by atoms with Gasteiger partial charge in [0.15, 0.2) is 0 Å². The standard InChI is InChI=1S/C21H35F2I/c1-14-2-13-19(21(23)20(14)22)17-9-5-15(6-10-17)3-4-16-7-11-18(24)12-8-16/h14-21H,2-13H2,1H3. The van der Waals surface area contributed by atoms with Gasteiger partial charge in [-0.05, 0) is 81.0 Å². The smallest absolute Gasteiger partial charge is 0.134 e. The number of halogens is 3. The normalized spacial score (nSPS) is 47.5. The second kappa shape index (κ2) is 8.99. The van der Waals surface area contributed by atoms with E-state index in [1.165, 1.54) is 51.4 Å². The summed E-state index contributed by atoms with van der Waals surface area (Å²) >= 11 is 2.61. The molecule has 140 valence electrons. The summed E-state index contributed by atoms with van der Waals surface area (Å²) in [4.78, 5) is 0. The van der Waals surface area contributed by atoms with Crippen LogP contribution in [0.25, 0.3) is 0 Å². The molecule has 4 atom stereocenters. The number of rotatable bonds is 4. The summed E-state index contributed by atoms with van der Waals surface area (Å²) in [5, 5.41) is 0. The first-order chi connectivity index (χ1) is 11.5. The highest BCUT2D eigenvalue weighted by Crippen LogP contribution is 2.44. The SMILES string of the molecule is CC1CCC(C2CCC(CCC3CCC(I)CC3)CC2)C(F)C1F. The molecule has 3 heteroatoms. The fourth-order valence-corrected chi connectivity index (χ4v) is 6.33. The van der Waals surface area contributed by atoms with E-state index in [1.54, 1.807) is 0 Å². The molecule has 3 saturated carbocycles. The molecule has 0 saturated heterocycles. The van der Waals surface area contributed by atoms with Crippen LogP contribution in [-0.2, 0) is 0 Å². The van der Waals surface area contributed by atoms with Gasteiger partial charge in [0.1, 0.15) is 12.3 Å². The number of alkyl halides is 3. The third kappa shape index (κ3) is 4.85. The molecule has 4 unspecified atom stereocenters. The molecule has 3 aliphatic rings. The Bertz CT molecular complexity index is 372. The van der Waals surface area contributed by atoms with E-state index in [2.05, 4.69) is 22.6 Å². The molecule has 0 aromatic rings. The Morgan fingerprint density at radius 1 is 0.708 bits per heavy atom. The predicted molar refractivity (Wildman–Crippen MR) is 106 cm³/mol. The van der Waals surface area contributed by atoms with Crippen LogP contribution in [0.15, 0.2) is 0 Å². The zero-order valence-corrected chi connectivity index (χ0v) is 17.4. The van der Waals surface area contributed by atoms with Crippen molar-refractivity contribution in [2.24, 2.45) is 29.6 Å². The molecular formula is C21H35F2I. The van der Waals surface area contributed by atoms with E-state index in [0.717, 1.165) is 41.4 Å². The first kappa shape index (κ1) is 19.4. The van der Waals surface area contributed by atoms with Gasteiger partial charge in [-0.3, -0.25) is 0 Å². The van der Waals surface area contributed by atoms with Crippen molar-refractivity contribution in [3.63, 3.8) is 0 Å². The van der Waals surface area contributed by atoms with Crippen LogP contribution in [-0.4, -0.2) is 16.3 Å². The maximum Gasteiger partial charge on any atom is 0.134 e. The third-order valence-electron chi connectivity index (χ3n) is 7.47. The van der Waals surface area contributed by atoms with Crippen molar-refractivity contribution in [2.75, 3.05) is 0 Å². The van der Waals surface area contributed by atoms with Crippen LogP contribution in [0.2, 0.25) is 0 Å². The lowest BCUT2D eigenvalue weighted by Gasteiger charge is -2.41. The molecule has 0 nitrogen and oxygen atoms in total. The van der Waals surface area contributed by atoms with Gasteiger partial charge in [0.2, 0.25) is 0 Å². The molecule has 0 spiro atoms. The monoisotopic (exact) mass is 452 g/mol. The van der Waals surface area contributed by atoms with E-state index >= 15 is 0 Å². The molecule has 0 aromatic carbocycles. The van der Waals surface area contributed by atoms with Crippen molar-refractivity contribution < 1.29 is 8.78 Å². The average molecular weight is 452 g/mol. The van der Waals surface area contributed by atoms with Crippen LogP contribution < -0.4 is 0 Å². The summed E-state index contributed by atoms with van der Waals surface area (Å²) in [5.41, 5.74) is 0. The van der Waals surface area contributed by atoms with E-state index in [0.29, 0.717) is 5.92 Å². The van der Waals surface area contributed by atoms with E-state index < -0.39 is 12.3 Å². The quantitative estimate of drug-likeness (QED) is 0.310. The Kier molecular flexibility index (Phi) is 7.25. The molecular weight excluding hydrogens is 417 g/mol. The van der Waals surface area contributed by atoms with Gasteiger partial charge in [0.05, 0.1) is 0 Å². The first-order valence-corrected chi connectivity index (χ1v) is 11.7. The van der Waals surface area contributed by atoms with Crippen LogP contribution in [0.1, 0.15) is 84.0 Å². The fourth-order valence-electron chi connectivity index (χ4n) is 5.61. The summed E-state index contributed by atoms with van der Waals surface area (Å²) in [6, 6.07) is 0. The highest BCUT2D eigenvalue weighted by Gasteiger charge is 2.42. The van der Waals surface area contributed by atoms with Crippen molar-refractivity contribution in [1.82, 2.24) is 0 Å². The molecule has 0 aromatic heterocycles. The molecule has 3 aliphatic carbocycles. The number of hydrogen-bond acceptors (Lipinski definition) is 0. The summed E-state index contributed by atoms with van der Waals surface area (Å²) in [6.45, 7) is 1.87. The molecule has 0 bridgehead atoms. The Hall–Kier alpha value is 0.590. The summed E-state index contributed by atoms with van der Waals surface area (Å²) < 4.78 is 29.4. The van der Waals surface area contributed by atoms with Crippen molar-refractivity contribution in [3.05, 3.63) is 0 Å². The minimum absolute atomic E-state index is 0.0103. The van der Waals surface area contributed by atoms with Gasteiger partial charge in [-0.1, -0.05) is 55.2 Å². The summed E-state index contributed by atoms with van der Waals surface area (Å²) in [7, 11) is 0. The maximum absolute atomic E-state index is 14.4. The highest BCUT2D eigenvalue weighted by atomic mass is 127. The van der Waals surface area contributed by atoms with E-state index in [-0.39, 0.29) is 11.8 Å². The van der Waals surface area contributed by atoms with Crippen molar-refractivity contribution >= 4 is 22.6 Å². The van der Waals surface area contributed by atoms with Crippen molar-refractivity contribution in [3.8, 4) is 0 Å². The molecule has 3 rings (SSSR count). The van der Waals surface area contributed by atoms with Gasteiger partial charge in [0.25, 0.3) is 0 Å². The Morgan fingerprint density at radius 2 is 1.25 bits per heavy atom.